The lowest BCUT2D eigenvalue weighted by Crippen LogP contribution is -2.52. The van der Waals surface area contributed by atoms with Crippen molar-refractivity contribution in [2.45, 2.75) is 45.2 Å². The fraction of sp³-hybridized carbons (Fsp3) is 0.375. The van der Waals surface area contributed by atoms with Crippen molar-refractivity contribution in [2.24, 2.45) is 0 Å². The summed E-state index contributed by atoms with van der Waals surface area (Å²) in [6, 6.07) is 17.4. The van der Waals surface area contributed by atoms with E-state index >= 15 is 0 Å². The summed E-state index contributed by atoms with van der Waals surface area (Å²) in [7, 11) is 0. The van der Waals surface area contributed by atoms with Crippen LogP contribution >= 0.6 is 0 Å². The molecular weight excluding hydrogens is 392 g/mol. The number of anilines is 2. The zero-order valence-electron chi connectivity index (χ0n) is 18.1. The Kier molecular flexibility index (Phi) is 7.65. The molecule has 164 valence electrons. The van der Waals surface area contributed by atoms with E-state index < -0.39 is 12.1 Å². The Hall–Kier alpha value is -3.35. The van der Waals surface area contributed by atoms with Gasteiger partial charge in [-0.1, -0.05) is 36.4 Å². The molecule has 0 saturated carbocycles. The van der Waals surface area contributed by atoms with Gasteiger partial charge >= 0.3 is 6.03 Å². The highest BCUT2D eigenvalue weighted by atomic mass is 16.2. The first-order valence-corrected chi connectivity index (χ1v) is 10.7. The molecule has 2 N–H and O–H groups in total. The van der Waals surface area contributed by atoms with Crippen molar-refractivity contribution in [1.82, 2.24) is 10.2 Å². The smallest absolute Gasteiger partial charge is 0.319 e. The normalized spacial score (nSPS) is 16.5. The summed E-state index contributed by atoms with van der Waals surface area (Å²) in [6.07, 6.45) is 2.15. The molecule has 0 aromatic heterocycles. The minimum Gasteiger partial charge on any atom is -0.332 e. The van der Waals surface area contributed by atoms with E-state index in [1.54, 1.807) is 21.9 Å². The van der Waals surface area contributed by atoms with Crippen molar-refractivity contribution >= 4 is 29.2 Å². The molecule has 2 aromatic rings. The van der Waals surface area contributed by atoms with Crippen LogP contribution in [0, 0.1) is 0 Å². The van der Waals surface area contributed by atoms with Crippen LogP contribution in [0.3, 0.4) is 0 Å². The summed E-state index contributed by atoms with van der Waals surface area (Å²) in [5.74, 6) is -0.352. The lowest BCUT2D eigenvalue weighted by atomic mass is 10.1. The standard InChI is InChI=1S/C24H30N4O3/c1-18(2)28(20-13-7-4-8-14-20)22(29)17-27-16-10-9-15-21(23(27)30)26-24(31)25-19-11-5-3-6-12-19/h3-8,11-14,18,21H,9-10,15-17H2,1-2H3,(H2,25,26,31)/t21-/m0/s1. The number of nitrogens with zero attached hydrogens (tertiary/aromatic N) is 2. The molecule has 4 amide bonds. The number of nitrogens with one attached hydrogen (secondary N) is 2. The number of benzene rings is 2. The molecule has 1 aliphatic heterocycles. The van der Waals surface area contributed by atoms with Gasteiger partial charge in [0.15, 0.2) is 0 Å². The summed E-state index contributed by atoms with van der Waals surface area (Å²) in [5.41, 5.74) is 1.46. The fourth-order valence-electron chi connectivity index (χ4n) is 3.80. The van der Waals surface area contributed by atoms with Crippen LogP contribution in [-0.2, 0) is 9.59 Å². The van der Waals surface area contributed by atoms with Crippen LogP contribution in [0.2, 0.25) is 0 Å². The lowest BCUT2D eigenvalue weighted by molar-refractivity contribution is -0.136. The molecule has 0 spiro atoms. The Morgan fingerprint density at radius 1 is 1.03 bits per heavy atom. The average molecular weight is 423 g/mol. The monoisotopic (exact) mass is 422 g/mol. The Morgan fingerprint density at radius 3 is 2.32 bits per heavy atom. The number of carbonyl (C=O) groups excluding carboxylic acids is 3. The Bertz CT molecular complexity index is 886. The highest BCUT2D eigenvalue weighted by Gasteiger charge is 2.31. The second-order valence-electron chi connectivity index (χ2n) is 7.97. The molecule has 1 heterocycles. The average Bonchev–Trinajstić information content (AvgIpc) is 2.91. The van der Waals surface area contributed by atoms with Gasteiger partial charge in [0.25, 0.3) is 0 Å². The quantitative estimate of drug-likeness (QED) is 0.746. The molecule has 1 atom stereocenters. The predicted molar refractivity (Wildman–Crippen MR) is 122 cm³/mol. The Morgan fingerprint density at radius 2 is 1.68 bits per heavy atom. The van der Waals surface area contributed by atoms with E-state index in [1.165, 1.54) is 0 Å². The third-order valence-corrected chi connectivity index (χ3v) is 5.26. The van der Waals surface area contributed by atoms with Gasteiger partial charge < -0.3 is 20.4 Å². The molecule has 0 aliphatic carbocycles. The van der Waals surface area contributed by atoms with E-state index in [9.17, 15) is 14.4 Å². The number of rotatable bonds is 6. The fourth-order valence-corrected chi connectivity index (χ4v) is 3.80. The van der Waals surface area contributed by atoms with Gasteiger partial charge in [-0.25, -0.2) is 4.79 Å². The molecule has 31 heavy (non-hydrogen) atoms. The minimum absolute atomic E-state index is 0.00953. The number of hydrogen-bond donors (Lipinski definition) is 2. The van der Waals surface area contributed by atoms with E-state index in [0.29, 0.717) is 18.7 Å². The molecule has 0 radical (unpaired) electrons. The predicted octanol–water partition coefficient (Wildman–Crippen LogP) is 3.63. The van der Waals surface area contributed by atoms with Gasteiger partial charge in [0.1, 0.15) is 12.6 Å². The number of amides is 4. The molecule has 1 saturated heterocycles. The first kappa shape index (κ1) is 22.3. The lowest BCUT2D eigenvalue weighted by Gasteiger charge is -2.31. The van der Waals surface area contributed by atoms with Gasteiger partial charge in [0.05, 0.1) is 0 Å². The van der Waals surface area contributed by atoms with E-state index in [1.807, 2.05) is 62.4 Å². The molecular formula is C24H30N4O3. The van der Waals surface area contributed by atoms with Crippen molar-refractivity contribution in [3.8, 4) is 0 Å². The maximum Gasteiger partial charge on any atom is 0.319 e. The maximum absolute atomic E-state index is 13.1. The van der Waals surface area contributed by atoms with Gasteiger partial charge in [0, 0.05) is 24.0 Å². The number of likely N-dealkylation sites (tertiary alicyclic amines) is 1. The summed E-state index contributed by atoms with van der Waals surface area (Å²) >= 11 is 0. The van der Waals surface area contributed by atoms with Crippen molar-refractivity contribution in [1.29, 1.82) is 0 Å². The highest BCUT2D eigenvalue weighted by Crippen LogP contribution is 2.19. The topological polar surface area (TPSA) is 81.8 Å². The molecule has 3 rings (SSSR count). The Balaban J connectivity index is 1.66. The second-order valence-corrected chi connectivity index (χ2v) is 7.97. The van der Waals surface area contributed by atoms with E-state index in [2.05, 4.69) is 10.6 Å². The molecule has 0 unspecified atom stereocenters. The van der Waals surface area contributed by atoms with E-state index in [4.69, 9.17) is 0 Å². The summed E-state index contributed by atoms with van der Waals surface area (Å²) in [5, 5.41) is 5.52. The zero-order chi connectivity index (χ0) is 22.2. The van der Waals surface area contributed by atoms with Gasteiger partial charge in [-0.05, 0) is 57.4 Å². The number of hydrogen-bond acceptors (Lipinski definition) is 3. The molecule has 2 aromatic carbocycles. The second kappa shape index (κ2) is 10.6. The SMILES string of the molecule is CC(C)N(C(=O)CN1CCCC[C@H](NC(=O)Nc2ccccc2)C1=O)c1ccccc1. The largest absolute Gasteiger partial charge is 0.332 e. The van der Waals surface area contributed by atoms with Crippen LogP contribution in [0.25, 0.3) is 0 Å². The van der Waals surface area contributed by atoms with Crippen LogP contribution in [0.15, 0.2) is 60.7 Å². The van der Waals surface area contributed by atoms with Crippen molar-refractivity contribution in [2.75, 3.05) is 23.3 Å². The minimum atomic E-state index is -0.650. The molecule has 7 nitrogen and oxygen atoms in total. The third-order valence-electron chi connectivity index (χ3n) is 5.26. The highest BCUT2D eigenvalue weighted by molar-refractivity contribution is 5.99. The number of urea groups is 1. The molecule has 1 aliphatic rings. The summed E-state index contributed by atoms with van der Waals surface area (Å²) < 4.78 is 0. The van der Waals surface area contributed by atoms with Gasteiger partial charge in [-0.15, -0.1) is 0 Å². The van der Waals surface area contributed by atoms with Crippen LogP contribution in [-0.4, -0.2) is 47.9 Å². The van der Waals surface area contributed by atoms with Gasteiger partial charge in [-0.3, -0.25) is 9.59 Å². The Labute approximate surface area is 183 Å². The molecule has 0 bridgehead atoms. The van der Waals surface area contributed by atoms with E-state index in [0.717, 1.165) is 18.5 Å². The van der Waals surface area contributed by atoms with Gasteiger partial charge in [0.2, 0.25) is 11.8 Å². The van der Waals surface area contributed by atoms with Crippen LogP contribution < -0.4 is 15.5 Å². The van der Waals surface area contributed by atoms with Gasteiger partial charge in [-0.2, -0.15) is 0 Å². The first-order chi connectivity index (χ1) is 15.0. The zero-order valence-corrected chi connectivity index (χ0v) is 18.1. The van der Waals surface area contributed by atoms with Crippen LogP contribution in [0.5, 0.6) is 0 Å². The number of para-hydroxylation sites is 2. The van der Waals surface area contributed by atoms with Crippen molar-refractivity contribution in [3.05, 3.63) is 60.7 Å². The van der Waals surface area contributed by atoms with Crippen molar-refractivity contribution in [3.63, 3.8) is 0 Å². The van der Waals surface area contributed by atoms with Crippen LogP contribution in [0.4, 0.5) is 16.2 Å². The third kappa shape index (κ3) is 6.07. The number of carbonyl (C=O) groups is 3. The van der Waals surface area contributed by atoms with Crippen molar-refractivity contribution < 1.29 is 14.4 Å². The molecule has 7 heteroatoms. The van der Waals surface area contributed by atoms with E-state index in [-0.39, 0.29) is 24.4 Å². The maximum atomic E-state index is 13.1. The first-order valence-electron chi connectivity index (χ1n) is 10.7. The summed E-state index contributed by atoms with van der Waals surface area (Å²) in [4.78, 5) is 41.9. The van der Waals surface area contributed by atoms with Crippen LogP contribution in [0.1, 0.15) is 33.1 Å². The summed E-state index contributed by atoms with van der Waals surface area (Å²) in [6.45, 7) is 4.40. The molecule has 1 fully saturated rings.